The zero-order valence-corrected chi connectivity index (χ0v) is 22.9. The van der Waals surface area contributed by atoms with Crippen LogP contribution in [-0.4, -0.2) is 64.9 Å². The van der Waals surface area contributed by atoms with Crippen LogP contribution >= 0.6 is 20.8 Å². The molecule has 2 N–H and O–H groups in total. The first-order valence-corrected chi connectivity index (χ1v) is 16.5. The summed E-state index contributed by atoms with van der Waals surface area (Å²) in [5.74, 6) is -0.434. The van der Waals surface area contributed by atoms with Crippen LogP contribution in [0.1, 0.15) is 0 Å². The molecular formula is C28H35BrNO5P. The number of carbonyl (C=O) groups is 1. The standard InChI is InChI=1S/C28H35BrNO5P/c29-36(25-10-4-1-5-11-25,26-12-6-2-7-13-26,27-14-8-3-9-15-27)23-22-34-19-18-32-16-17-33-20-21-35-28(31)24-30/h1-15H,16-24,30H2. The molecule has 0 aliphatic heterocycles. The van der Waals surface area contributed by atoms with E-state index in [0.29, 0.717) is 39.6 Å². The summed E-state index contributed by atoms with van der Waals surface area (Å²) in [6.07, 6.45) is 0.814. The van der Waals surface area contributed by atoms with E-state index in [1.807, 2.05) is 0 Å². The van der Waals surface area contributed by atoms with Crippen LogP contribution in [0.5, 0.6) is 0 Å². The van der Waals surface area contributed by atoms with Crippen molar-refractivity contribution >= 4 is 42.7 Å². The monoisotopic (exact) mass is 575 g/mol. The van der Waals surface area contributed by atoms with Gasteiger partial charge in [0.25, 0.3) is 0 Å². The molecule has 0 saturated carbocycles. The molecule has 0 atom stereocenters. The minimum absolute atomic E-state index is 0.121. The van der Waals surface area contributed by atoms with Crippen molar-refractivity contribution in [3.05, 3.63) is 91.0 Å². The summed E-state index contributed by atoms with van der Waals surface area (Å²) < 4.78 is 21.9. The first-order chi connectivity index (χ1) is 17.6. The van der Waals surface area contributed by atoms with Gasteiger partial charge >= 0.3 is 205 Å². The topological polar surface area (TPSA) is 80.0 Å². The number of ether oxygens (including phenoxy) is 4. The molecule has 0 spiro atoms. The van der Waals surface area contributed by atoms with Crippen LogP contribution in [0.2, 0.25) is 0 Å². The van der Waals surface area contributed by atoms with E-state index in [4.69, 9.17) is 24.7 Å². The molecule has 3 rings (SSSR count). The van der Waals surface area contributed by atoms with Gasteiger partial charge in [0.15, 0.2) is 0 Å². The third-order valence-electron chi connectivity index (χ3n) is 5.94. The molecule has 0 aliphatic rings. The maximum absolute atomic E-state index is 11.0. The fourth-order valence-corrected chi connectivity index (χ4v) is 11.2. The number of rotatable bonds is 16. The van der Waals surface area contributed by atoms with Gasteiger partial charge in [0.1, 0.15) is 0 Å². The van der Waals surface area contributed by atoms with Crippen LogP contribution in [0.4, 0.5) is 0 Å². The van der Waals surface area contributed by atoms with Gasteiger partial charge in [0.2, 0.25) is 0 Å². The third-order valence-corrected chi connectivity index (χ3v) is 15.8. The number of esters is 1. The van der Waals surface area contributed by atoms with Crippen molar-refractivity contribution in [2.24, 2.45) is 5.73 Å². The molecule has 0 aromatic heterocycles. The summed E-state index contributed by atoms with van der Waals surface area (Å²) in [5, 5.41) is 0.860. The summed E-state index contributed by atoms with van der Waals surface area (Å²) in [6.45, 7) is 2.82. The molecule has 0 saturated heterocycles. The van der Waals surface area contributed by atoms with Crippen LogP contribution in [-0.2, 0) is 23.7 Å². The van der Waals surface area contributed by atoms with Crippen LogP contribution in [0.15, 0.2) is 91.0 Å². The maximum atomic E-state index is 11.0. The predicted octanol–water partition coefficient (Wildman–Crippen LogP) is 3.38. The second-order valence-electron chi connectivity index (χ2n) is 8.17. The van der Waals surface area contributed by atoms with Gasteiger partial charge in [-0.3, -0.25) is 4.79 Å². The van der Waals surface area contributed by atoms with Gasteiger partial charge in [-0.2, -0.15) is 0 Å². The zero-order chi connectivity index (χ0) is 25.6. The van der Waals surface area contributed by atoms with Crippen LogP contribution in [0, 0.1) is 0 Å². The Bertz CT molecular complexity index is 940. The van der Waals surface area contributed by atoms with Crippen molar-refractivity contribution in [3.63, 3.8) is 0 Å². The van der Waals surface area contributed by atoms with E-state index in [2.05, 4.69) is 106 Å². The van der Waals surface area contributed by atoms with E-state index in [1.54, 1.807) is 0 Å². The van der Waals surface area contributed by atoms with E-state index in [9.17, 15) is 4.79 Å². The molecular weight excluding hydrogens is 541 g/mol. The van der Waals surface area contributed by atoms with Crippen molar-refractivity contribution in [1.29, 1.82) is 0 Å². The van der Waals surface area contributed by atoms with Crippen LogP contribution in [0.3, 0.4) is 0 Å². The molecule has 6 nitrogen and oxygen atoms in total. The zero-order valence-electron chi connectivity index (χ0n) is 20.5. The van der Waals surface area contributed by atoms with Gasteiger partial charge in [-0.05, 0) is 0 Å². The average molecular weight is 576 g/mol. The van der Waals surface area contributed by atoms with E-state index >= 15 is 0 Å². The second-order valence-corrected chi connectivity index (χ2v) is 17.2. The summed E-state index contributed by atoms with van der Waals surface area (Å²) in [5.41, 5.74) is 5.17. The van der Waals surface area contributed by atoms with Gasteiger partial charge in [0, 0.05) is 0 Å². The minimum atomic E-state index is -2.96. The number of hydrogen-bond acceptors (Lipinski definition) is 6. The predicted molar refractivity (Wildman–Crippen MR) is 151 cm³/mol. The Labute approximate surface area is 221 Å². The second kappa shape index (κ2) is 14.6. The van der Waals surface area contributed by atoms with E-state index in [1.165, 1.54) is 15.9 Å². The molecule has 0 aliphatic carbocycles. The normalized spacial score (nSPS) is 12.6. The Morgan fingerprint density at radius 1 is 0.611 bits per heavy atom. The molecule has 0 fully saturated rings. The number of carbonyl (C=O) groups excluding carboxylic acids is 1. The first kappa shape index (κ1) is 28.5. The van der Waals surface area contributed by atoms with E-state index < -0.39 is 11.3 Å². The Morgan fingerprint density at radius 3 is 1.36 bits per heavy atom. The molecule has 3 aromatic rings. The van der Waals surface area contributed by atoms with Gasteiger partial charge in [0.05, 0.1) is 6.54 Å². The number of benzene rings is 3. The Morgan fingerprint density at radius 2 is 0.972 bits per heavy atom. The summed E-state index contributed by atoms with van der Waals surface area (Å²) in [7, 11) is 0. The average Bonchev–Trinajstić information content (AvgIpc) is 2.95. The first-order valence-electron chi connectivity index (χ1n) is 12.1. The van der Waals surface area contributed by atoms with Crippen molar-refractivity contribution in [3.8, 4) is 0 Å². The summed E-state index contributed by atoms with van der Waals surface area (Å²) in [6, 6.07) is 32.1. The van der Waals surface area contributed by atoms with Crippen molar-refractivity contribution < 1.29 is 23.7 Å². The van der Waals surface area contributed by atoms with E-state index in [0.717, 1.165) is 6.16 Å². The molecule has 194 valence electrons. The molecule has 8 heteroatoms. The SMILES string of the molecule is NCC(=O)OCCOCCOCCOCCP(Br)(c1ccccc1)(c1ccccc1)c1ccccc1. The van der Waals surface area contributed by atoms with Gasteiger partial charge in [-0.15, -0.1) is 0 Å². The third kappa shape index (κ3) is 7.22. The Balaban J connectivity index is 1.58. The van der Waals surface area contributed by atoms with Gasteiger partial charge < -0.3 is 5.73 Å². The van der Waals surface area contributed by atoms with Crippen LogP contribution in [0.25, 0.3) is 0 Å². The molecule has 0 amide bonds. The quantitative estimate of drug-likeness (QED) is 0.160. The summed E-state index contributed by atoms with van der Waals surface area (Å²) >= 11 is 4.42. The van der Waals surface area contributed by atoms with Crippen molar-refractivity contribution in [2.45, 2.75) is 0 Å². The number of hydrogen-bond donors (Lipinski definition) is 1. The van der Waals surface area contributed by atoms with Crippen LogP contribution < -0.4 is 21.6 Å². The molecule has 0 unspecified atom stereocenters. The molecule has 0 bridgehead atoms. The number of halogens is 1. The Kier molecular flexibility index (Phi) is 11.5. The fraction of sp³-hybridized carbons (Fsp3) is 0.321. The van der Waals surface area contributed by atoms with E-state index in [-0.39, 0.29) is 13.2 Å². The molecule has 36 heavy (non-hydrogen) atoms. The molecule has 3 aromatic carbocycles. The van der Waals surface area contributed by atoms with Gasteiger partial charge in [-0.25, -0.2) is 0 Å². The van der Waals surface area contributed by atoms with Gasteiger partial charge in [-0.1, -0.05) is 0 Å². The summed E-state index contributed by atoms with van der Waals surface area (Å²) in [4.78, 5) is 11.0. The molecule has 0 radical (unpaired) electrons. The molecule has 0 heterocycles. The number of nitrogens with two attached hydrogens (primary N) is 1. The van der Waals surface area contributed by atoms with Crippen molar-refractivity contribution in [2.75, 3.05) is 59.0 Å². The van der Waals surface area contributed by atoms with Crippen molar-refractivity contribution in [1.82, 2.24) is 0 Å². The Hall–Kier alpha value is -2.12. The fourth-order valence-electron chi connectivity index (χ4n) is 4.10.